The molecule has 3 aliphatic rings. The molecule has 1 aromatic carbocycles. The molecular weight excluding hydrogens is 508 g/mol. The van der Waals surface area contributed by atoms with Crippen LogP contribution in [-0.4, -0.2) is 71.8 Å². The number of allylic oxidation sites excluding steroid dienone is 1. The number of nitrogens with zero attached hydrogens (tertiary/aromatic N) is 2. The summed E-state index contributed by atoms with van der Waals surface area (Å²) in [5.74, 6) is -2.28. The molecule has 3 saturated heterocycles. The van der Waals surface area contributed by atoms with Crippen LogP contribution in [0.15, 0.2) is 43.5 Å². The Kier molecular flexibility index (Phi) is 9.85. The minimum Gasteiger partial charge on any atom is -0.465 e. The molecule has 3 aliphatic heterocycles. The van der Waals surface area contributed by atoms with E-state index in [1.165, 1.54) is 0 Å². The largest absolute Gasteiger partial charge is 0.465 e. The highest BCUT2D eigenvalue weighted by Gasteiger charge is 2.75. The summed E-state index contributed by atoms with van der Waals surface area (Å²) < 4.78 is 12.2. The van der Waals surface area contributed by atoms with Gasteiger partial charge in [-0.05, 0) is 69.6 Å². The van der Waals surface area contributed by atoms with Gasteiger partial charge < -0.3 is 24.4 Å². The smallest absolute Gasteiger partial charge is 0.312 e. The Morgan fingerprint density at radius 1 is 1.18 bits per heavy atom. The van der Waals surface area contributed by atoms with Crippen molar-refractivity contribution in [3.63, 3.8) is 0 Å². The lowest BCUT2D eigenvalue weighted by molar-refractivity contribution is -0.155. The first-order valence-electron chi connectivity index (χ1n) is 14.7. The molecule has 2 amide bonds. The Morgan fingerprint density at radius 2 is 1.95 bits per heavy atom. The van der Waals surface area contributed by atoms with Crippen LogP contribution < -0.4 is 4.90 Å². The van der Waals surface area contributed by atoms with Crippen LogP contribution in [0.25, 0.3) is 0 Å². The molecule has 1 spiro atoms. The van der Waals surface area contributed by atoms with Crippen LogP contribution in [0, 0.1) is 25.7 Å². The number of hydrogen-bond acceptors (Lipinski definition) is 6. The molecule has 3 heterocycles. The highest BCUT2D eigenvalue weighted by Crippen LogP contribution is 2.59. The molecule has 1 N–H and O–H groups in total. The van der Waals surface area contributed by atoms with Crippen molar-refractivity contribution in [1.29, 1.82) is 0 Å². The Morgan fingerprint density at radius 3 is 2.67 bits per heavy atom. The number of carbonyl (C=O) groups excluding carboxylic acids is 3. The molecule has 0 saturated carbocycles. The standard InChI is InChI=1S/C32H44N2O6/c1-5-7-12-20-39-31(38)26-25-15-16-32(40-25)27(26)29(36)34(18-10-8-9-11-19-35)28(32)30(37)33(17-6-2)24-21-22(3)13-14-23(24)4/h5-6,13-14,21,25-28,35H,1-2,7-12,15-20H2,3-4H3/t25-,26+,27-,28?,32?/m0/s1. The fourth-order valence-corrected chi connectivity index (χ4v) is 6.78. The SMILES string of the molecule is C=CCCCOC(=O)[C@@H]1[C@@H]2CCC3(O2)C(C(=O)N(CC=C)c2cc(C)ccc2C)N(CCCCCCO)C(=O)[C@H]13. The zero-order valence-corrected chi connectivity index (χ0v) is 24.0. The molecule has 1 aromatic rings. The normalized spacial score (nSPS) is 26.6. The van der Waals surface area contributed by atoms with E-state index in [1.807, 2.05) is 32.0 Å². The minimum absolute atomic E-state index is 0.132. The number of likely N-dealkylation sites (tertiary alicyclic amines) is 1. The predicted molar refractivity (Wildman–Crippen MR) is 154 cm³/mol. The van der Waals surface area contributed by atoms with Gasteiger partial charge in [0.05, 0.1) is 24.5 Å². The lowest BCUT2D eigenvalue weighted by Gasteiger charge is -2.37. The number of aryl methyl sites for hydroxylation is 2. The summed E-state index contributed by atoms with van der Waals surface area (Å²) in [6.07, 6.45) is 8.67. The van der Waals surface area contributed by atoms with Crippen LogP contribution in [0.5, 0.6) is 0 Å². The molecule has 5 atom stereocenters. The van der Waals surface area contributed by atoms with E-state index in [0.717, 1.165) is 36.1 Å². The molecule has 40 heavy (non-hydrogen) atoms. The van der Waals surface area contributed by atoms with E-state index in [4.69, 9.17) is 14.6 Å². The maximum Gasteiger partial charge on any atom is 0.312 e. The zero-order chi connectivity index (χ0) is 28.9. The number of rotatable bonds is 15. The molecule has 3 fully saturated rings. The fraction of sp³-hybridized carbons (Fsp3) is 0.594. The summed E-state index contributed by atoms with van der Waals surface area (Å²) in [6.45, 7) is 12.6. The Hall–Kier alpha value is -2.97. The van der Waals surface area contributed by atoms with E-state index in [1.54, 1.807) is 22.0 Å². The van der Waals surface area contributed by atoms with Crippen molar-refractivity contribution in [2.24, 2.45) is 11.8 Å². The maximum atomic E-state index is 14.6. The van der Waals surface area contributed by atoms with Gasteiger partial charge in [-0.15, -0.1) is 13.2 Å². The average Bonchev–Trinajstić information content (AvgIpc) is 3.58. The molecule has 0 aromatic heterocycles. The van der Waals surface area contributed by atoms with Gasteiger partial charge in [-0.1, -0.05) is 37.1 Å². The van der Waals surface area contributed by atoms with E-state index in [9.17, 15) is 14.4 Å². The maximum absolute atomic E-state index is 14.6. The number of anilines is 1. The highest BCUT2D eigenvalue weighted by atomic mass is 16.6. The summed E-state index contributed by atoms with van der Waals surface area (Å²) in [5.41, 5.74) is 1.70. The van der Waals surface area contributed by atoms with Gasteiger partial charge in [0.1, 0.15) is 11.6 Å². The second-order valence-corrected chi connectivity index (χ2v) is 11.4. The summed E-state index contributed by atoms with van der Waals surface area (Å²) in [5, 5.41) is 9.16. The first-order valence-corrected chi connectivity index (χ1v) is 14.7. The Balaban J connectivity index is 1.68. The molecular formula is C32H44N2O6. The third-order valence-electron chi connectivity index (χ3n) is 8.64. The van der Waals surface area contributed by atoms with Crippen molar-refractivity contribution in [2.75, 3.05) is 31.2 Å². The Labute approximate surface area is 238 Å². The van der Waals surface area contributed by atoms with E-state index >= 15 is 0 Å². The van der Waals surface area contributed by atoms with Crippen molar-refractivity contribution < 1.29 is 29.0 Å². The molecule has 8 nitrogen and oxygen atoms in total. The summed E-state index contributed by atoms with van der Waals surface area (Å²) in [4.78, 5) is 45.4. The quantitative estimate of drug-likeness (QED) is 0.198. The van der Waals surface area contributed by atoms with Gasteiger partial charge in [-0.2, -0.15) is 0 Å². The summed E-state index contributed by atoms with van der Waals surface area (Å²) in [6, 6.07) is 5.14. The fourth-order valence-electron chi connectivity index (χ4n) is 6.78. The van der Waals surface area contributed by atoms with Gasteiger partial charge in [0, 0.05) is 25.4 Å². The van der Waals surface area contributed by atoms with Crippen molar-refractivity contribution >= 4 is 23.5 Å². The number of aliphatic hydroxyl groups is 1. The number of unbranched alkanes of at least 4 members (excludes halogenated alkanes) is 4. The van der Waals surface area contributed by atoms with Gasteiger partial charge in [0.15, 0.2) is 0 Å². The van der Waals surface area contributed by atoms with Crippen LogP contribution >= 0.6 is 0 Å². The molecule has 8 heteroatoms. The number of fused-ring (bicyclic) bond motifs is 1. The summed E-state index contributed by atoms with van der Waals surface area (Å²) in [7, 11) is 0. The minimum atomic E-state index is -1.06. The average molecular weight is 553 g/mol. The highest BCUT2D eigenvalue weighted by molar-refractivity contribution is 6.05. The number of ether oxygens (including phenoxy) is 2. The van der Waals surface area contributed by atoms with E-state index in [2.05, 4.69) is 13.2 Å². The molecule has 2 unspecified atom stereocenters. The number of hydrogen-bond donors (Lipinski definition) is 1. The monoisotopic (exact) mass is 552 g/mol. The summed E-state index contributed by atoms with van der Waals surface area (Å²) >= 11 is 0. The second kappa shape index (κ2) is 13.1. The number of amides is 2. The topological polar surface area (TPSA) is 96.4 Å². The molecule has 4 rings (SSSR count). The van der Waals surface area contributed by atoms with E-state index in [-0.39, 0.29) is 31.6 Å². The third-order valence-corrected chi connectivity index (χ3v) is 8.64. The first kappa shape index (κ1) is 30.0. The van der Waals surface area contributed by atoms with Gasteiger partial charge in [0.2, 0.25) is 5.91 Å². The zero-order valence-electron chi connectivity index (χ0n) is 24.0. The van der Waals surface area contributed by atoms with Crippen molar-refractivity contribution in [3.8, 4) is 0 Å². The second-order valence-electron chi connectivity index (χ2n) is 11.4. The predicted octanol–water partition coefficient (Wildman–Crippen LogP) is 4.26. The molecule has 2 bridgehead atoms. The van der Waals surface area contributed by atoms with Gasteiger partial charge in [-0.25, -0.2) is 0 Å². The van der Waals surface area contributed by atoms with Crippen LogP contribution in [-0.2, 0) is 23.9 Å². The number of carbonyl (C=O) groups is 3. The molecule has 0 radical (unpaired) electrons. The van der Waals surface area contributed by atoms with Gasteiger partial charge >= 0.3 is 5.97 Å². The van der Waals surface area contributed by atoms with Crippen LogP contribution in [0.1, 0.15) is 62.5 Å². The van der Waals surface area contributed by atoms with Crippen molar-refractivity contribution in [2.45, 2.75) is 83.0 Å². The lowest BCUT2D eigenvalue weighted by atomic mass is 9.70. The van der Waals surface area contributed by atoms with E-state index < -0.39 is 35.6 Å². The third kappa shape index (κ3) is 5.61. The van der Waals surface area contributed by atoms with E-state index in [0.29, 0.717) is 38.6 Å². The van der Waals surface area contributed by atoms with Crippen molar-refractivity contribution in [1.82, 2.24) is 4.90 Å². The number of aliphatic hydroxyl groups excluding tert-OH is 1. The number of esters is 1. The van der Waals surface area contributed by atoms with Crippen molar-refractivity contribution in [3.05, 3.63) is 54.6 Å². The Bertz CT molecular complexity index is 1120. The lowest BCUT2D eigenvalue weighted by Crippen LogP contribution is -2.56. The van der Waals surface area contributed by atoms with Gasteiger partial charge in [-0.3, -0.25) is 14.4 Å². The van der Waals surface area contributed by atoms with Crippen LogP contribution in [0.3, 0.4) is 0 Å². The first-order chi connectivity index (χ1) is 19.3. The van der Waals surface area contributed by atoms with Crippen LogP contribution in [0.2, 0.25) is 0 Å². The number of benzene rings is 1. The van der Waals surface area contributed by atoms with Gasteiger partial charge in [0.25, 0.3) is 5.91 Å². The molecule has 218 valence electrons. The van der Waals surface area contributed by atoms with Crippen LogP contribution in [0.4, 0.5) is 5.69 Å². The molecule has 0 aliphatic carbocycles.